The molecule has 0 bridgehead atoms. The quantitative estimate of drug-likeness (QED) is 0.646. The van der Waals surface area contributed by atoms with E-state index in [4.69, 9.17) is 22.1 Å². The molecule has 0 radical (unpaired) electrons. The maximum absolute atomic E-state index is 12.9. The Morgan fingerprint density at radius 2 is 1.90 bits per heavy atom. The Kier molecular flexibility index (Phi) is 7.19. The molecule has 7 heteroatoms. The zero-order valence-electron chi connectivity index (χ0n) is 16.1. The third-order valence-corrected chi connectivity index (χ3v) is 6.25. The van der Waals surface area contributed by atoms with Crippen LogP contribution in [0, 0.1) is 5.41 Å². The van der Waals surface area contributed by atoms with Gasteiger partial charge in [0.15, 0.2) is 0 Å². The molecule has 1 aliphatic heterocycles. The lowest BCUT2D eigenvalue weighted by molar-refractivity contribution is -0.136. The number of carbonyl (C=O) groups excluding carboxylic acids is 2. The smallest absolute Gasteiger partial charge is 0.227 e. The number of primary amides is 1. The minimum absolute atomic E-state index is 0.0388. The fourth-order valence-corrected chi connectivity index (χ4v) is 4.34. The third kappa shape index (κ3) is 5.97. The highest BCUT2D eigenvalue weighted by Gasteiger charge is 2.39. The van der Waals surface area contributed by atoms with Gasteiger partial charge < -0.3 is 15.4 Å². The van der Waals surface area contributed by atoms with Crippen molar-refractivity contribution in [1.82, 2.24) is 4.90 Å². The molecule has 2 N–H and O–H groups in total. The molecule has 5 nitrogen and oxygen atoms in total. The second-order valence-corrected chi connectivity index (χ2v) is 8.86. The lowest BCUT2D eigenvalue weighted by Crippen LogP contribution is -2.50. The van der Waals surface area contributed by atoms with E-state index in [-0.39, 0.29) is 18.2 Å². The Morgan fingerprint density at radius 3 is 2.59 bits per heavy atom. The van der Waals surface area contributed by atoms with Crippen molar-refractivity contribution in [3.05, 3.63) is 63.6 Å². The number of ether oxygens (including phenoxy) is 1. The molecule has 1 atom stereocenters. The van der Waals surface area contributed by atoms with Crippen LogP contribution in [0.25, 0.3) is 0 Å². The number of carbonyl (C=O) groups is 2. The van der Waals surface area contributed by atoms with E-state index in [1.807, 2.05) is 29.2 Å². The topological polar surface area (TPSA) is 72.6 Å². The number of piperidine rings is 1. The molecule has 1 saturated heterocycles. The van der Waals surface area contributed by atoms with E-state index in [9.17, 15) is 9.59 Å². The number of nitrogens with zero attached hydrogens (tertiary/aromatic N) is 1. The van der Waals surface area contributed by atoms with Crippen molar-refractivity contribution in [3.8, 4) is 5.75 Å². The minimum Gasteiger partial charge on any atom is -0.493 e. The molecule has 154 valence electrons. The molecule has 0 aliphatic carbocycles. The molecule has 0 spiro atoms. The molecule has 2 aromatic carbocycles. The van der Waals surface area contributed by atoms with Crippen molar-refractivity contribution in [3.63, 3.8) is 0 Å². The van der Waals surface area contributed by atoms with Gasteiger partial charge >= 0.3 is 0 Å². The maximum Gasteiger partial charge on any atom is 0.227 e. The Bertz CT molecular complexity index is 875. The van der Waals surface area contributed by atoms with Gasteiger partial charge in [-0.15, -0.1) is 0 Å². The van der Waals surface area contributed by atoms with Crippen LogP contribution in [0.15, 0.2) is 53.0 Å². The van der Waals surface area contributed by atoms with Crippen LogP contribution in [-0.2, 0) is 16.0 Å². The summed E-state index contributed by atoms with van der Waals surface area (Å²) in [4.78, 5) is 26.5. The van der Waals surface area contributed by atoms with E-state index >= 15 is 0 Å². The van der Waals surface area contributed by atoms with Gasteiger partial charge in [0.2, 0.25) is 11.8 Å². The molecule has 0 aromatic heterocycles. The molecule has 1 heterocycles. The summed E-state index contributed by atoms with van der Waals surface area (Å²) in [6, 6.07) is 14.8. The highest BCUT2D eigenvalue weighted by Crippen LogP contribution is 2.35. The third-order valence-electron chi connectivity index (χ3n) is 5.22. The van der Waals surface area contributed by atoms with Gasteiger partial charge in [-0.05, 0) is 48.7 Å². The van der Waals surface area contributed by atoms with Crippen molar-refractivity contribution < 1.29 is 14.3 Å². The predicted molar refractivity (Wildman–Crippen MR) is 117 cm³/mol. The summed E-state index contributed by atoms with van der Waals surface area (Å²) in [6.45, 7) is 1.44. The number of halogens is 2. The second-order valence-electron chi connectivity index (χ2n) is 7.57. The molecule has 0 unspecified atom stereocenters. The number of benzene rings is 2. The number of nitrogens with two attached hydrogens (primary N) is 1. The summed E-state index contributed by atoms with van der Waals surface area (Å²) >= 11 is 9.42. The van der Waals surface area contributed by atoms with Gasteiger partial charge in [-0.1, -0.05) is 45.7 Å². The fraction of sp³-hybridized carbons (Fsp3) is 0.364. The molecule has 2 aromatic rings. The second kappa shape index (κ2) is 9.63. The Hall–Kier alpha value is -2.05. The zero-order valence-corrected chi connectivity index (χ0v) is 18.4. The summed E-state index contributed by atoms with van der Waals surface area (Å²) in [5, 5.41) is 0.630. The molecular formula is C22H24BrClN2O3. The van der Waals surface area contributed by atoms with Crippen LogP contribution in [0.5, 0.6) is 5.75 Å². The zero-order chi connectivity index (χ0) is 20.9. The lowest BCUT2D eigenvalue weighted by Gasteiger charge is -2.42. The van der Waals surface area contributed by atoms with E-state index in [1.165, 1.54) is 0 Å². The molecule has 1 aliphatic rings. The first-order chi connectivity index (χ1) is 13.9. The minimum atomic E-state index is -0.493. The summed E-state index contributed by atoms with van der Waals surface area (Å²) in [6.07, 6.45) is 2.08. The number of hydrogen-bond acceptors (Lipinski definition) is 3. The largest absolute Gasteiger partial charge is 0.493 e. The highest BCUT2D eigenvalue weighted by molar-refractivity contribution is 9.10. The molecule has 3 rings (SSSR count). The molecule has 2 amide bonds. The van der Waals surface area contributed by atoms with Gasteiger partial charge in [0, 0.05) is 34.4 Å². The summed E-state index contributed by atoms with van der Waals surface area (Å²) in [5.41, 5.74) is 5.99. The van der Waals surface area contributed by atoms with Crippen LogP contribution in [0.4, 0.5) is 0 Å². The van der Waals surface area contributed by atoms with Gasteiger partial charge in [-0.3, -0.25) is 9.59 Å². The van der Waals surface area contributed by atoms with Crippen LogP contribution < -0.4 is 10.5 Å². The summed E-state index contributed by atoms with van der Waals surface area (Å²) in [7, 11) is 0. The van der Waals surface area contributed by atoms with Crippen LogP contribution >= 0.6 is 27.5 Å². The Balaban J connectivity index is 1.71. The normalized spacial score (nSPS) is 19.0. The van der Waals surface area contributed by atoms with Crippen LogP contribution in [0.2, 0.25) is 5.02 Å². The van der Waals surface area contributed by atoms with Crippen molar-refractivity contribution in [2.45, 2.75) is 25.7 Å². The predicted octanol–water partition coefficient (Wildman–Crippen LogP) is 4.21. The average Bonchev–Trinajstić information content (AvgIpc) is 2.69. The van der Waals surface area contributed by atoms with Crippen molar-refractivity contribution in [2.24, 2.45) is 11.1 Å². The van der Waals surface area contributed by atoms with Gasteiger partial charge in [0.25, 0.3) is 0 Å². The van der Waals surface area contributed by atoms with E-state index in [0.717, 1.165) is 22.9 Å². The first-order valence-electron chi connectivity index (χ1n) is 9.55. The maximum atomic E-state index is 12.9. The van der Waals surface area contributed by atoms with Crippen molar-refractivity contribution in [2.75, 3.05) is 19.7 Å². The van der Waals surface area contributed by atoms with Crippen molar-refractivity contribution in [1.29, 1.82) is 0 Å². The highest BCUT2D eigenvalue weighted by atomic mass is 79.9. The average molecular weight is 480 g/mol. The Labute approximate surface area is 184 Å². The standard InChI is InChI=1S/C22H24BrClN2O3/c23-19-5-2-1-4-16(19)12-21(28)26-11-3-10-22(14-26,13-20(25)27)15-29-18-8-6-17(24)7-9-18/h1-2,4-9H,3,10-15H2,(H2,25,27)/t22-/m1/s1. The fourth-order valence-electron chi connectivity index (χ4n) is 3.79. The molecular weight excluding hydrogens is 456 g/mol. The van der Waals surface area contributed by atoms with E-state index in [0.29, 0.717) is 36.9 Å². The first-order valence-corrected chi connectivity index (χ1v) is 10.7. The monoisotopic (exact) mass is 478 g/mol. The van der Waals surface area contributed by atoms with Crippen LogP contribution in [-0.4, -0.2) is 36.4 Å². The molecule has 29 heavy (non-hydrogen) atoms. The number of likely N-dealkylation sites (tertiary alicyclic amines) is 1. The van der Waals surface area contributed by atoms with E-state index < -0.39 is 5.41 Å². The summed E-state index contributed by atoms with van der Waals surface area (Å²) in [5.74, 6) is 0.330. The summed E-state index contributed by atoms with van der Waals surface area (Å²) < 4.78 is 6.87. The first kappa shape index (κ1) is 21.7. The van der Waals surface area contributed by atoms with Gasteiger partial charge in [-0.25, -0.2) is 0 Å². The van der Waals surface area contributed by atoms with Gasteiger partial charge in [-0.2, -0.15) is 0 Å². The lowest BCUT2D eigenvalue weighted by atomic mass is 9.77. The van der Waals surface area contributed by atoms with Crippen LogP contribution in [0.3, 0.4) is 0 Å². The SMILES string of the molecule is NC(=O)C[C@]1(COc2ccc(Cl)cc2)CCCN(C(=O)Cc2ccccc2Br)C1. The van der Waals surface area contributed by atoms with Crippen molar-refractivity contribution >= 4 is 39.3 Å². The number of hydrogen-bond donors (Lipinski definition) is 1. The number of amides is 2. The van der Waals surface area contributed by atoms with E-state index in [1.54, 1.807) is 24.3 Å². The number of rotatable bonds is 7. The Morgan fingerprint density at radius 1 is 1.17 bits per heavy atom. The van der Waals surface area contributed by atoms with Gasteiger partial charge in [0.1, 0.15) is 5.75 Å². The molecule has 0 saturated carbocycles. The molecule has 1 fully saturated rings. The van der Waals surface area contributed by atoms with E-state index in [2.05, 4.69) is 15.9 Å². The van der Waals surface area contributed by atoms with Crippen LogP contribution in [0.1, 0.15) is 24.8 Å². The van der Waals surface area contributed by atoms with Gasteiger partial charge in [0.05, 0.1) is 13.0 Å².